The number of amides is 2. The minimum atomic E-state index is -1.65. The van der Waals surface area contributed by atoms with Crippen LogP contribution in [0.2, 0.25) is 0 Å². The standard InChI is InChI=1S/C13H18N2O5/c16-7-6-15(9-10-4-2-1-3-5-10)13(20)14-8-11(17)12(18)19/h1-5,11,16-17H,6-9H2,(H,14,20)(H,18,19). The van der Waals surface area contributed by atoms with Gasteiger partial charge in [0.1, 0.15) is 0 Å². The first kappa shape index (κ1) is 15.9. The number of carbonyl (C=O) groups is 2. The molecule has 1 aromatic rings. The number of aliphatic hydroxyl groups is 2. The van der Waals surface area contributed by atoms with Gasteiger partial charge in [-0.05, 0) is 5.56 Å². The van der Waals surface area contributed by atoms with E-state index in [4.69, 9.17) is 15.3 Å². The number of aliphatic carboxylic acids is 1. The van der Waals surface area contributed by atoms with Crippen LogP contribution in [0, 0.1) is 0 Å². The molecule has 2 amide bonds. The highest BCUT2D eigenvalue weighted by molar-refractivity contribution is 5.76. The molecule has 110 valence electrons. The fourth-order valence-corrected chi connectivity index (χ4v) is 1.56. The Kier molecular flexibility index (Phi) is 6.48. The second-order valence-electron chi connectivity index (χ2n) is 4.17. The van der Waals surface area contributed by atoms with Gasteiger partial charge in [0.05, 0.1) is 13.2 Å². The molecule has 0 aliphatic rings. The number of carboxylic acid groups (broad SMARTS) is 1. The van der Waals surface area contributed by atoms with Gasteiger partial charge in [-0.2, -0.15) is 0 Å². The van der Waals surface area contributed by atoms with E-state index in [-0.39, 0.29) is 26.2 Å². The number of carbonyl (C=O) groups excluding carboxylic acids is 1. The molecule has 7 heteroatoms. The minimum absolute atomic E-state index is 0.115. The van der Waals surface area contributed by atoms with E-state index in [1.54, 1.807) is 0 Å². The number of aliphatic hydroxyl groups excluding tert-OH is 2. The molecule has 0 spiro atoms. The van der Waals surface area contributed by atoms with Gasteiger partial charge in [-0.25, -0.2) is 9.59 Å². The van der Waals surface area contributed by atoms with Crippen LogP contribution in [0.4, 0.5) is 4.79 Å². The third-order valence-electron chi connectivity index (χ3n) is 2.61. The molecule has 0 aliphatic heterocycles. The van der Waals surface area contributed by atoms with Gasteiger partial charge in [0.25, 0.3) is 0 Å². The molecular weight excluding hydrogens is 264 g/mol. The normalized spacial score (nSPS) is 11.7. The third-order valence-corrected chi connectivity index (χ3v) is 2.61. The molecule has 4 N–H and O–H groups in total. The molecule has 7 nitrogen and oxygen atoms in total. The first-order valence-electron chi connectivity index (χ1n) is 6.13. The Morgan fingerprint density at radius 1 is 1.25 bits per heavy atom. The van der Waals surface area contributed by atoms with Crippen LogP contribution in [-0.2, 0) is 11.3 Å². The molecule has 1 unspecified atom stereocenters. The SMILES string of the molecule is O=C(O)C(O)CNC(=O)N(CCO)Cc1ccccc1. The van der Waals surface area contributed by atoms with Crippen molar-refractivity contribution >= 4 is 12.0 Å². The van der Waals surface area contributed by atoms with Crippen molar-refractivity contribution in [2.75, 3.05) is 19.7 Å². The number of urea groups is 1. The van der Waals surface area contributed by atoms with Crippen molar-refractivity contribution in [3.05, 3.63) is 35.9 Å². The number of hydrogen-bond donors (Lipinski definition) is 4. The van der Waals surface area contributed by atoms with Gasteiger partial charge in [-0.3, -0.25) is 0 Å². The van der Waals surface area contributed by atoms with Crippen molar-refractivity contribution in [1.82, 2.24) is 10.2 Å². The lowest BCUT2D eigenvalue weighted by Crippen LogP contribution is -2.45. The van der Waals surface area contributed by atoms with Gasteiger partial charge in [-0.15, -0.1) is 0 Å². The summed E-state index contributed by atoms with van der Waals surface area (Å²) in [6.45, 7) is -0.188. The Hall–Kier alpha value is -2.12. The zero-order chi connectivity index (χ0) is 15.0. The van der Waals surface area contributed by atoms with E-state index < -0.39 is 18.1 Å². The average Bonchev–Trinajstić information content (AvgIpc) is 2.44. The van der Waals surface area contributed by atoms with Crippen LogP contribution in [0.15, 0.2) is 30.3 Å². The van der Waals surface area contributed by atoms with Gasteiger partial charge in [-0.1, -0.05) is 30.3 Å². The van der Waals surface area contributed by atoms with Gasteiger partial charge in [0, 0.05) is 13.1 Å². The summed E-state index contributed by atoms with van der Waals surface area (Å²) < 4.78 is 0. The molecule has 0 saturated heterocycles. The Balaban J connectivity index is 2.56. The van der Waals surface area contributed by atoms with Crippen LogP contribution in [0.3, 0.4) is 0 Å². The summed E-state index contributed by atoms with van der Waals surface area (Å²) in [4.78, 5) is 23.6. The highest BCUT2D eigenvalue weighted by atomic mass is 16.4. The summed E-state index contributed by atoms with van der Waals surface area (Å²) in [5.74, 6) is -1.40. The Bertz CT molecular complexity index is 438. The first-order chi connectivity index (χ1) is 9.54. The molecule has 1 atom stereocenters. The summed E-state index contributed by atoms with van der Waals surface area (Å²) in [6, 6.07) is 8.65. The lowest BCUT2D eigenvalue weighted by molar-refractivity contribution is -0.146. The fourth-order valence-electron chi connectivity index (χ4n) is 1.56. The second-order valence-corrected chi connectivity index (χ2v) is 4.17. The van der Waals surface area contributed by atoms with Gasteiger partial charge in [0.2, 0.25) is 0 Å². The summed E-state index contributed by atoms with van der Waals surface area (Å²) in [5.41, 5.74) is 0.884. The van der Waals surface area contributed by atoms with E-state index in [2.05, 4.69) is 5.32 Å². The molecule has 0 heterocycles. The van der Waals surface area contributed by atoms with Crippen molar-refractivity contribution in [3.8, 4) is 0 Å². The van der Waals surface area contributed by atoms with Crippen molar-refractivity contribution in [2.24, 2.45) is 0 Å². The zero-order valence-electron chi connectivity index (χ0n) is 10.9. The van der Waals surface area contributed by atoms with Crippen LogP contribution < -0.4 is 5.32 Å². The highest BCUT2D eigenvalue weighted by Crippen LogP contribution is 2.04. The molecule has 0 bridgehead atoms. The molecule has 20 heavy (non-hydrogen) atoms. The summed E-state index contributed by atoms with van der Waals surface area (Å²) in [5, 5.41) is 28.9. The largest absolute Gasteiger partial charge is 0.479 e. The zero-order valence-corrected chi connectivity index (χ0v) is 10.9. The predicted molar refractivity (Wildman–Crippen MR) is 71.0 cm³/mol. The smallest absolute Gasteiger partial charge is 0.334 e. The number of benzene rings is 1. The van der Waals surface area contributed by atoms with Crippen LogP contribution in [0.25, 0.3) is 0 Å². The number of nitrogens with one attached hydrogen (secondary N) is 1. The van der Waals surface area contributed by atoms with Gasteiger partial charge in [0.15, 0.2) is 6.10 Å². The molecule has 1 aromatic carbocycles. The summed E-state index contributed by atoms with van der Waals surface area (Å²) in [7, 11) is 0. The predicted octanol–water partition coefficient (Wildman–Crippen LogP) is -0.364. The number of carboxylic acids is 1. The maximum absolute atomic E-state index is 11.9. The Labute approximate surface area is 116 Å². The molecule has 0 radical (unpaired) electrons. The maximum atomic E-state index is 11.9. The maximum Gasteiger partial charge on any atom is 0.334 e. The second kappa shape index (κ2) is 8.13. The monoisotopic (exact) mass is 282 g/mol. The quantitative estimate of drug-likeness (QED) is 0.546. The number of hydrogen-bond acceptors (Lipinski definition) is 4. The lowest BCUT2D eigenvalue weighted by atomic mass is 10.2. The molecule has 0 aliphatic carbocycles. The lowest BCUT2D eigenvalue weighted by Gasteiger charge is -2.22. The van der Waals surface area contributed by atoms with E-state index in [1.165, 1.54) is 4.90 Å². The number of nitrogens with zero attached hydrogens (tertiary/aromatic N) is 1. The molecular formula is C13H18N2O5. The van der Waals surface area contributed by atoms with Crippen LogP contribution in [-0.4, -0.2) is 58.0 Å². The van der Waals surface area contributed by atoms with E-state index in [0.717, 1.165) is 5.56 Å². The summed E-state index contributed by atoms with van der Waals surface area (Å²) in [6.07, 6.45) is -1.65. The van der Waals surface area contributed by atoms with Crippen LogP contribution >= 0.6 is 0 Å². The van der Waals surface area contributed by atoms with E-state index in [0.29, 0.717) is 0 Å². The molecule has 0 fully saturated rings. The van der Waals surface area contributed by atoms with Gasteiger partial charge < -0.3 is 25.5 Å². The minimum Gasteiger partial charge on any atom is -0.479 e. The van der Waals surface area contributed by atoms with Crippen molar-refractivity contribution in [2.45, 2.75) is 12.6 Å². The fraction of sp³-hybridized carbons (Fsp3) is 0.385. The third kappa shape index (κ3) is 5.25. The van der Waals surface area contributed by atoms with Crippen molar-refractivity contribution in [1.29, 1.82) is 0 Å². The molecule has 0 aromatic heterocycles. The topological polar surface area (TPSA) is 110 Å². The van der Waals surface area contributed by atoms with Crippen LogP contribution in [0.5, 0.6) is 0 Å². The van der Waals surface area contributed by atoms with E-state index in [1.807, 2.05) is 30.3 Å². The van der Waals surface area contributed by atoms with Crippen molar-refractivity contribution < 1.29 is 24.9 Å². The molecule has 1 rings (SSSR count). The van der Waals surface area contributed by atoms with E-state index >= 15 is 0 Å². The van der Waals surface area contributed by atoms with Crippen molar-refractivity contribution in [3.63, 3.8) is 0 Å². The Morgan fingerprint density at radius 2 is 1.90 bits per heavy atom. The van der Waals surface area contributed by atoms with E-state index in [9.17, 15) is 9.59 Å². The first-order valence-corrected chi connectivity index (χ1v) is 6.13. The number of rotatable bonds is 7. The highest BCUT2D eigenvalue weighted by Gasteiger charge is 2.17. The Morgan fingerprint density at radius 3 is 2.45 bits per heavy atom. The van der Waals surface area contributed by atoms with Crippen LogP contribution in [0.1, 0.15) is 5.56 Å². The average molecular weight is 282 g/mol. The summed E-state index contributed by atoms with van der Waals surface area (Å²) >= 11 is 0. The van der Waals surface area contributed by atoms with Gasteiger partial charge >= 0.3 is 12.0 Å². The molecule has 0 saturated carbocycles.